The van der Waals surface area contributed by atoms with Gasteiger partial charge in [-0.15, -0.1) is 0 Å². The number of carbonyl (C=O) groups excluding carboxylic acids is 1. The third-order valence-corrected chi connectivity index (χ3v) is 4.45. The Kier molecular flexibility index (Phi) is 3.76. The van der Waals surface area contributed by atoms with Crippen LogP contribution in [0, 0.1) is 6.92 Å². The molecule has 1 fully saturated rings. The van der Waals surface area contributed by atoms with Crippen LogP contribution in [0.4, 0.5) is 0 Å². The summed E-state index contributed by atoms with van der Waals surface area (Å²) < 4.78 is 6.71. The highest BCUT2D eigenvalue weighted by molar-refractivity contribution is 5.92. The Morgan fingerprint density at radius 2 is 2.08 bits per heavy atom. The number of amides is 1. The average molecular weight is 338 g/mol. The molecule has 7 heteroatoms. The fourth-order valence-corrected chi connectivity index (χ4v) is 3.27. The number of nitrogens with zero attached hydrogens (tertiary/aromatic N) is 3. The van der Waals surface area contributed by atoms with Gasteiger partial charge in [0.2, 0.25) is 0 Å². The maximum Gasteiger partial charge on any atom is 0.272 e. The largest absolute Gasteiger partial charge is 0.359 e. The molecule has 3 aromatic rings. The number of benzene rings is 1. The molecular weight excluding hydrogens is 320 g/mol. The van der Waals surface area contributed by atoms with Gasteiger partial charge >= 0.3 is 0 Å². The van der Waals surface area contributed by atoms with Gasteiger partial charge in [0.25, 0.3) is 11.5 Å². The van der Waals surface area contributed by atoms with Gasteiger partial charge in [0.05, 0.1) is 17.4 Å². The van der Waals surface area contributed by atoms with Crippen LogP contribution in [0.3, 0.4) is 0 Å². The van der Waals surface area contributed by atoms with Crippen LogP contribution < -0.4 is 5.56 Å². The molecule has 4 rings (SSSR count). The van der Waals surface area contributed by atoms with Gasteiger partial charge in [0.15, 0.2) is 5.76 Å². The summed E-state index contributed by atoms with van der Waals surface area (Å²) in [7, 11) is 0. The standard InChI is InChI=1S/C18H18N4O3/c1-12-10-16(25-20-12)15-8-5-9-21(15)18(24)14-11-17(23)22(19-14)13-6-3-2-4-7-13/h2-4,6-7,10-11,15,19H,5,8-9H2,1H3/t15-/m1/s1. The Balaban J connectivity index is 1.64. The van der Waals surface area contributed by atoms with Gasteiger partial charge < -0.3 is 9.42 Å². The molecule has 0 spiro atoms. The van der Waals surface area contributed by atoms with E-state index in [2.05, 4.69) is 10.3 Å². The predicted octanol–water partition coefficient (Wildman–Crippen LogP) is 2.44. The molecular formula is C18H18N4O3. The van der Waals surface area contributed by atoms with Crippen LogP contribution in [0.2, 0.25) is 0 Å². The van der Waals surface area contributed by atoms with Crippen molar-refractivity contribution in [3.05, 3.63) is 70.0 Å². The normalized spacial score (nSPS) is 17.2. The van der Waals surface area contributed by atoms with Crippen LogP contribution in [-0.4, -0.2) is 32.3 Å². The molecule has 1 amide bonds. The lowest BCUT2D eigenvalue weighted by atomic mass is 10.1. The van der Waals surface area contributed by atoms with Crippen molar-refractivity contribution in [3.63, 3.8) is 0 Å². The zero-order valence-corrected chi connectivity index (χ0v) is 13.8. The smallest absolute Gasteiger partial charge is 0.272 e. The number of aromatic amines is 1. The van der Waals surface area contributed by atoms with E-state index in [1.165, 1.54) is 10.7 Å². The Hall–Kier alpha value is -3.09. The van der Waals surface area contributed by atoms with Crippen molar-refractivity contribution < 1.29 is 9.32 Å². The molecule has 1 aliphatic heterocycles. The van der Waals surface area contributed by atoms with Crippen molar-refractivity contribution >= 4 is 5.91 Å². The highest BCUT2D eigenvalue weighted by Gasteiger charge is 2.34. The van der Waals surface area contributed by atoms with Crippen molar-refractivity contribution in [1.29, 1.82) is 0 Å². The lowest BCUT2D eigenvalue weighted by Crippen LogP contribution is -2.30. The summed E-state index contributed by atoms with van der Waals surface area (Å²) >= 11 is 0. The van der Waals surface area contributed by atoms with E-state index >= 15 is 0 Å². The van der Waals surface area contributed by atoms with Crippen LogP contribution >= 0.6 is 0 Å². The van der Waals surface area contributed by atoms with Gasteiger partial charge in [-0.3, -0.25) is 14.7 Å². The third-order valence-electron chi connectivity index (χ3n) is 4.45. The number of para-hydroxylation sites is 1. The monoisotopic (exact) mass is 338 g/mol. The number of carbonyl (C=O) groups is 1. The minimum absolute atomic E-state index is 0.141. The molecule has 1 saturated heterocycles. The zero-order chi connectivity index (χ0) is 17.4. The van der Waals surface area contributed by atoms with Crippen molar-refractivity contribution in [2.45, 2.75) is 25.8 Å². The number of aromatic nitrogens is 3. The minimum atomic E-state index is -0.263. The predicted molar refractivity (Wildman–Crippen MR) is 90.6 cm³/mol. The maximum absolute atomic E-state index is 12.9. The van der Waals surface area contributed by atoms with Crippen LogP contribution in [0.25, 0.3) is 5.69 Å². The molecule has 0 unspecified atom stereocenters. The van der Waals surface area contributed by atoms with Gasteiger partial charge in [0.1, 0.15) is 5.69 Å². The summed E-state index contributed by atoms with van der Waals surface area (Å²) in [6, 6.07) is 12.2. The number of hydrogen-bond acceptors (Lipinski definition) is 4. The van der Waals surface area contributed by atoms with Crippen LogP contribution in [0.15, 0.2) is 51.8 Å². The van der Waals surface area contributed by atoms with E-state index in [1.807, 2.05) is 43.3 Å². The molecule has 1 N–H and O–H groups in total. The first-order valence-electron chi connectivity index (χ1n) is 8.25. The van der Waals surface area contributed by atoms with E-state index < -0.39 is 0 Å². The fraction of sp³-hybridized carbons (Fsp3) is 0.278. The molecule has 0 saturated carbocycles. The summed E-state index contributed by atoms with van der Waals surface area (Å²) in [5, 5.41) is 6.83. The number of H-pyrrole nitrogens is 1. The molecule has 3 heterocycles. The average Bonchev–Trinajstić information content (AvgIpc) is 3.34. The van der Waals surface area contributed by atoms with Gasteiger partial charge in [-0.2, -0.15) is 0 Å². The molecule has 1 atom stereocenters. The van der Waals surface area contributed by atoms with Crippen LogP contribution in [0.1, 0.15) is 40.8 Å². The quantitative estimate of drug-likeness (QED) is 0.795. The fourth-order valence-electron chi connectivity index (χ4n) is 3.27. The molecule has 0 aliphatic carbocycles. The second kappa shape index (κ2) is 6.08. The molecule has 2 aromatic heterocycles. The molecule has 1 aromatic carbocycles. The second-order valence-corrected chi connectivity index (χ2v) is 6.21. The first kappa shape index (κ1) is 15.4. The Morgan fingerprint density at radius 3 is 2.80 bits per heavy atom. The maximum atomic E-state index is 12.9. The Bertz CT molecular complexity index is 954. The van der Waals surface area contributed by atoms with Gasteiger partial charge in [0, 0.05) is 18.7 Å². The summed E-state index contributed by atoms with van der Waals surface area (Å²) in [6.45, 7) is 2.48. The lowest BCUT2D eigenvalue weighted by Gasteiger charge is -2.21. The van der Waals surface area contributed by atoms with Crippen molar-refractivity contribution in [2.75, 3.05) is 6.54 Å². The molecule has 7 nitrogen and oxygen atoms in total. The first-order valence-corrected chi connectivity index (χ1v) is 8.25. The summed E-state index contributed by atoms with van der Waals surface area (Å²) in [6.07, 6.45) is 1.71. The van der Waals surface area contributed by atoms with Crippen LogP contribution in [-0.2, 0) is 0 Å². The van der Waals surface area contributed by atoms with Crippen molar-refractivity contribution in [2.24, 2.45) is 0 Å². The van der Waals surface area contributed by atoms with Crippen molar-refractivity contribution in [1.82, 2.24) is 19.8 Å². The number of nitrogens with one attached hydrogen (secondary N) is 1. The SMILES string of the molecule is Cc1cc([C@H]2CCCN2C(=O)c2cc(=O)n(-c3ccccc3)[nH]2)on1. The molecule has 128 valence electrons. The van der Waals surface area contributed by atoms with E-state index in [0.29, 0.717) is 18.0 Å². The molecule has 0 bridgehead atoms. The molecule has 25 heavy (non-hydrogen) atoms. The van der Waals surface area contributed by atoms with E-state index in [-0.39, 0.29) is 23.2 Å². The van der Waals surface area contributed by atoms with E-state index in [1.54, 1.807) is 4.90 Å². The number of likely N-dealkylation sites (tertiary alicyclic amines) is 1. The highest BCUT2D eigenvalue weighted by Crippen LogP contribution is 2.33. The van der Waals surface area contributed by atoms with Crippen molar-refractivity contribution in [3.8, 4) is 5.69 Å². The molecule has 1 aliphatic rings. The zero-order valence-electron chi connectivity index (χ0n) is 13.8. The van der Waals surface area contributed by atoms with Gasteiger partial charge in [-0.1, -0.05) is 23.4 Å². The first-order chi connectivity index (χ1) is 12.1. The topological polar surface area (TPSA) is 84.1 Å². The van der Waals surface area contributed by atoms with E-state index in [9.17, 15) is 9.59 Å². The van der Waals surface area contributed by atoms with Gasteiger partial charge in [-0.05, 0) is 31.9 Å². The molecule has 0 radical (unpaired) electrons. The third kappa shape index (κ3) is 2.77. The Morgan fingerprint density at radius 1 is 1.28 bits per heavy atom. The van der Waals surface area contributed by atoms with E-state index in [0.717, 1.165) is 18.5 Å². The van der Waals surface area contributed by atoms with Crippen LogP contribution in [0.5, 0.6) is 0 Å². The summed E-state index contributed by atoms with van der Waals surface area (Å²) in [4.78, 5) is 26.9. The Labute approximate surface area is 143 Å². The summed E-state index contributed by atoms with van der Waals surface area (Å²) in [5.74, 6) is 0.483. The minimum Gasteiger partial charge on any atom is -0.359 e. The second-order valence-electron chi connectivity index (χ2n) is 6.21. The number of aryl methyl sites for hydroxylation is 1. The lowest BCUT2D eigenvalue weighted by molar-refractivity contribution is 0.0708. The number of hydrogen-bond donors (Lipinski definition) is 1. The van der Waals surface area contributed by atoms with E-state index in [4.69, 9.17) is 4.52 Å². The van der Waals surface area contributed by atoms with Gasteiger partial charge in [-0.25, -0.2) is 4.68 Å². The summed E-state index contributed by atoms with van der Waals surface area (Å²) in [5.41, 5.74) is 1.49. The highest BCUT2D eigenvalue weighted by atomic mass is 16.5. The number of rotatable bonds is 3.